The molecule has 2 rings (SSSR count). The number of fused-ring (bicyclic) bond motifs is 1. The Morgan fingerprint density at radius 3 is 2.89 bits per heavy atom. The third-order valence-corrected chi connectivity index (χ3v) is 4.18. The highest BCUT2D eigenvalue weighted by Gasteiger charge is 2.33. The third-order valence-electron chi connectivity index (χ3n) is 4.18. The number of morpholine rings is 1. The fraction of sp³-hybridized carbons (Fsp3) is 0.929. The van der Waals surface area contributed by atoms with Gasteiger partial charge in [0.05, 0.1) is 12.7 Å². The molecule has 1 aliphatic carbocycles. The summed E-state index contributed by atoms with van der Waals surface area (Å²) < 4.78 is 5.85. The maximum absolute atomic E-state index is 10.4. The van der Waals surface area contributed by atoms with Crippen LogP contribution in [0.5, 0.6) is 0 Å². The fourth-order valence-corrected chi connectivity index (χ4v) is 3.22. The second kappa shape index (κ2) is 7.10. The van der Waals surface area contributed by atoms with Gasteiger partial charge in [-0.25, -0.2) is 0 Å². The van der Waals surface area contributed by atoms with Crippen LogP contribution in [0.25, 0.3) is 0 Å². The predicted octanol–water partition coefficient (Wildman–Crippen LogP) is 2.27. The molecular formula is C14H25NO3. The first kappa shape index (κ1) is 13.8. The van der Waals surface area contributed by atoms with Crippen molar-refractivity contribution in [2.75, 3.05) is 19.7 Å². The summed E-state index contributed by atoms with van der Waals surface area (Å²) in [6.45, 7) is 3.04. The predicted molar refractivity (Wildman–Crippen MR) is 69.7 cm³/mol. The van der Waals surface area contributed by atoms with Gasteiger partial charge in [-0.1, -0.05) is 19.3 Å². The molecule has 4 heteroatoms. The van der Waals surface area contributed by atoms with Gasteiger partial charge in [-0.15, -0.1) is 0 Å². The normalized spacial score (nSPS) is 28.9. The Kier molecular flexibility index (Phi) is 5.45. The van der Waals surface area contributed by atoms with E-state index in [-0.39, 0.29) is 0 Å². The van der Waals surface area contributed by atoms with Crippen LogP contribution >= 0.6 is 0 Å². The van der Waals surface area contributed by atoms with E-state index in [1.165, 1.54) is 25.7 Å². The fourth-order valence-electron chi connectivity index (χ4n) is 3.22. The number of rotatable bonds is 6. The Bertz CT molecular complexity index is 268. The van der Waals surface area contributed by atoms with Crippen molar-refractivity contribution in [3.63, 3.8) is 0 Å². The molecule has 0 aromatic carbocycles. The van der Waals surface area contributed by atoms with Crippen molar-refractivity contribution in [3.8, 4) is 0 Å². The molecule has 104 valence electrons. The van der Waals surface area contributed by atoms with Gasteiger partial charge in [-0.2, -0.15) is 0 Å². The maximum atomic E-state index is 10.4. The molecule has 4 nitrogen and oxygen atoms in total. The van der Waals surface area contributed by atoms with Crippen LogP contribution in [0.1, 0.15) is 51.4 Å². The lowest BCUT2D eigenvalue weighted by atomic mass is 9.90. The molecule has 18 heavy (non-hydrogen) atoms. The zero-order chi connectivity index (χ0) is 12.8. The van der Waals surface area contributed by atoms with E-state index in [0.29, 0.717) is 18.6 Å². The smallest absolute Gasteiger partial charge is 0.303 e. The molecule has 2 atom stereocenters. The molecule has 1 N–H and O–H groups in total. The molecule has 0 spiro atoms. The molecule has 0 aromatic heterocycles. The summed E-state index contributed by atoms with van der Waals surface area (Å²) >= 11 is 0. The number of unbranched alkanes of at least 4 members (excludes halogenated alkanes) is 2. The Hall–Kier alpha value is -0.610. The van der Waals surface area contributed by atoms with Gasteiger partial charge in [0.25, 0.3) is 0 Å². The number of carboxylic acid groups (broad SMARTS) is 1. The van der Waals surface area contributed by atoms with Gasteiger partial charge in [0.1, 0.15) is 0 Å². The number of aliphatic carboxylic acids is 1. The van der Waals surface area contributed by atoms with Crippen LogP contribution in [0.15, 0.2) is 0 Å². The molecule has 0 amide bonds. The minimum absolute atomic E-state index is 0.315. The minimum atomic E-state index is -0.672. The number of nitrogens with zero attached hydrogens (tertiary/aromatic N) is 1. The molecular weight excluding hydrogens is 230 g/mol. The first-order valence-corrected chi connectivity index (χ1v) is 7.35. The Morgan fingerprint density at radius 1 is 1.22 bits per heavy atom. The van der Waals surface area contributed by atoms with Crippen LogP contribution in [0.4, 0.5) is 0 Å². The van der Waals surface area contributed by atoms with Crippen molar-refractivity contribution in [2.24, 2.45) is 0 Å². The summed E-state index contributed by atoms with van der Waals surface area (Å²) in [5.41, 5.74) is 0. The quantitative estimate of drug-likeness (QED) is 0.740. The van der Waals surface area contributed by atoms with Crippen LogP contribution in [-0.4, -0.2) is 47.8 Å². The molecule has 1 saturated heterocycles. The highest BCUT2D eigenvalue weighted by molar-refractivity contribution is 5.66. The van der Waals surface area contributed by atoms with Gasteiger partial charge in [-0.3, -0.25) is 9.69 Å². The van der Waals surface area contributed by atoms with Crippen molar-refractivity contribution in [1.29, 1.82) is 0 Å². The van der Waals surface area contributed by atoms with Crippen molar-refractivity contribution in [3.05, 3.63) is 0 Å². The topological polar surface area (TPSA) is 49.8 Å². The average molecular weight is 255 g/mol. The van der Waals surface area contributed by atoms with E-state index in [9.17, 15) is 4.79 Å². The monoisotopic (exact) mass is 255 g/mol. The average Bonchev–Trinajstić information content (AvgIpc) is 2.38. The highest BCUT2D eigenvalue weighted by Crippen LogP contribution is 2.28. The number of carboxylic acids is 1. The summed E-state index contributed by atoms with van der Waals surface area (Å²) in [5, 5.41) is 8.59. The Balaban J connectivity index is 1.66. The zero-order valence-corrected chi connectivity index (χ0v) is 11.1. The van der Waals surface area contributed by atoms with Gasteiger partial charge in [0.15, 0.2) is 0 Å². The molecule has 2 unspecified atom stereocenters. The standard InChI is InChI=1S/C14H25NO3/c16-14(17)8-2-1-5-9-15-10-11-18-13-7-4-3-6-12(13)15/h12-13H,1-11H2,(H,16,17). The lowest BCUT2D eigenvalue weighted by molar-refractivity contribution is -0.137. The van der Waals surface area contributed by atoms with Gasteiger partial charge >= 0.3 is 5.97 Å². The molecule has 0 bridgehead atoms. The number of hydrogen-bond donors (Lipinski definition) is 1. The van der Waals surface area contributed by atoms with E-state index in [1.54, 1.807) is 0 Å². The molecule has 0 aromatic rings. The van der Waals surface area contributed by atoms with E-state index in [2.05, 4.69) is 4.90 Å². The summed E-state index contributed by atoms with van der Waals surface area (Å²) in [6.07, 6.45) is 8.89. The van der Waals surface area contributed by atoms with E-state index in [4.69, 9.17) is 9.84 Å². The zero-order valence-electron chi connectivity index (χ0n) is 11.1. The third kappa shape index (κ3) is 3.95. The summed E-state index contributed by atoms with van der Waals surface area (Å²) in [4.78, 5) is 13.0. The van der Waals surface area contributed by atoms with Crippen LogP contribution in [0.3, 0.4) is 0 Å². The second-order valence-corrected chi connectivity index (χ2v) is 5.50. The van der Waals surface area contributed by atoms with Crippen LogP contribution in [0, 0.1) is 0 Å². The van der Waals surface area contributed by atoms with Gasteiger partial charge in [0, 0.05) is 19.0 Å². The Morgan fingerprint density at radius 2 is 2.06 bits per heavy atom. The van der Waals surface area contributed by atoms with Crippen molar-refractivity contribution >= 4 is 5.97 Å². The molecule has 0 radical (unpaired) electrons. The van der Waals surface area contributed by atoms with Crippen LogP contribution in [-0.2, 0) is 9.53 Å². The summed E-state index contributed by atoms with van der Waals surface area (Å²) in [7, 11) is 0. The molecule has 1 saturated carbocycles. The van der Waals surface area contributed by atoms with Gasteiger partial charge < -0.3 is 9.84 Å². The van der Waals surface area contributed by atoms with Crippen molar-refractivity contribution in [2.45, 2.75) is 63.5 Å². The lowest BCUT2D eigenvalue weighted by Crippen LogP contribution is -2.52. The number of ether oxygens (including phenoxy) is 1. The van der Waals surface area contributed by atoms with Crippen LogP contribution in [0.2, 0.25) is 0 Å². The van der Waals surface area contributed by atoms with Crippen molar-refractivity contribution in [1.82, 2.24) is 4.90 Å². The second-order valence-electron chi connectivity index (χ2n) is 5.50. The largest absolute Gasteiger partial charge is 0.481 e. The maximum Gasteiger partial charge on any atom is 0.303 e. The Labute approximate surface area is 109 Å². The van der Waals surface area contributed by atoms with Crippen LogP contribution < -0.4 is 0 Å². The SMILES string of the molecule is O=C(O)CCCCCN1CCOC2CCCCC21. The summed E-state index contributed by atoms with van der Waals surface area (Å²) in [6, 6.07) is 0.631. The molecule has 2 fully saturated rings. The van der Waals surface area contributed by atoms with E-state index in [0.717, 1.165) is 39.0 Å². The lowest BCUT2D eigenvalue weighted by Gasteiger charge is -2.43. The van der Waals surface area contributed by atoms with E-state index in [1.807, 2.05) is 0 Å². The molecule has 1 aliphatic heterocycles. The highest BCUT2D eigenvalue weighted by atomic mass is 16.5. The van der Waals surface area contributed by atoms with E-state index >= 15 is 0 Å². The minimum Gasteiger partial charge on any atom is -0.481 e. The van der Waals surface area contributed by atoms with Gasteiger partial charge in [0.2, 0.25) is 0 Å². The first-order valence-electron chi connectivity index (χ1n) is 7.35. The molecule has 2 aliphatic rings. The number of carbonyl (C=O) groups is 1. The summed E-state index contributed by atoms with van der Waals surface area (Å²) in [5.74, 6) is -0.672. The van der Waals surface area contributed by atoms with Gasteiger partial charge in [-0.05, 0) is 32.2 Å². The first-order chi connectivity index (χ1) is 8.77. The van der Waals surface area contributed by atoms with E-state index < -0.39 is 5.97 Å². The van der Waals surface area contributed by atoms with Crippen molar-refractivity contribution < 1.29 is 14.6 Å². The number of hydrogen-bond acceptors (Lipinski definition) is 3. The molecule has 1 heterocycles.